The van der Waals surface area contributed by atoms with Crippen LogP contribution in [0, 0.1) is 0 Å². The molecule has 4 nitrogen and oxygen atoms in total. The molecule has 0 saturated carbocycles. The van der Waals surface area contributed by atoms with Gasteiger partial charge in [-0.05, 0) is 0 Å². The normalized spacial score (nSPS) is 43.7. The molecule has 0 aromatic heterocycles. The van der Waals surface area contributed by atoms with Crippen molar-refractivity contribution in [2.75, 3.05) is 13.2 Å². The van der Waals surface area contributed by atoms with Crippen molar-refractivity contribution in [3.05, 3.63) is 0 Å². The van der Waals surface area contributed by atoms with Crippen LogP contribution in [0.5, 0.6) is 0 Å². The summed E-state index contributed by atoms with van der Waals surface area (Å²) in [5.41, 5.74) is 0. The standard InChI is InChI=1S/C5H10O4/c6-1-4-5(8)3(7)2-9-4/h3-8H,1-2H2/t3-,4-,5-/m1/s1. The highest BCUT2D eigenvalue weighted by molar-refractivity contribution is 4.81. The highest BCUT2D eigenvalue weighted by atomic mass is 16.5. The van der Waals surface area contributed by atoms with Gasteiger partial charge in [0.1, 0.15) is 18.3 Å². The van der Waals surface area contributed by atoms with Crippen molar-refractivity contribution in [1.82, 2.24) is 0 Å². The maximum absolute atomic E-state index is 8.92. The van der Waals surface area contributed by atoms with Crippen LogP contribution in [0.2, 0.25) is 0 Å². The first-order valence-electron chi connectivity index (χ1n) is 2.84. The van der Waals surface area contributed by atoms with Gasteiger partial charge in [-0.3, -0.25) is 0 Å². The van der Waals surface area contributed by atoms with Crippen LogP contribution in [-0.2, 0) is 4.74 Å². The molecule has 9 heavy (non-hydrogen) atoms. The van der Waals surface area contributed by atoms with Gasteiger partial charge in [0.15, 0.2) is 0 Å². The number of hydrogen-bond acceptors (Lipinski definition) is 4. The Morgan fingerprint density at radius 3 is 2.33 bits per heavy atom. The lowest BCUT2D eigenvalue weighted by molar-refractivity contribution is -0.00588. The Hall–Kier alpha value is -0.160. The zero-order chi connectivity index (χ0) is 6.85. The van der Waals surface area contributed by atoms with Gasteiger partial charge in [0.2, 0.25) is 0 Å². The van der Waals surface area contributed by atoms with Gasteiger partial charge >= 0.3 is 0 Å². The molecule has 1 saturated heterocycles. The Kier molecular flexibility index (Phi) is 2.02. The Labute approximate surface area is 52.7 Å². The van der Waals surface area contributed by atoms with Crippen molar-refractivity contribution in [3.63, 3.8) is 0 Å². The van der Waals surface area contributed by atoms with Gasteiger partial charge in [0.25, 0.3) is 0 Å². The summed E-state index contributed by atoms with van der Waals surface area (Å²) in [6, 6.07) is 0. The molecular weight excluding hydrogens is 124 g/mol. The van der Waals surface area contributed by atoms with Crippen molar-refractivity contribution in [1.29, 1.82) is 0 Å². The molecule has 0 aromatic rings. The van der Waals surface area contributed by atoms with Gasteiger partial charge < -0.3 is 20.1 Å². The summed E-state index contributed by atoms with van der Waals surface area (Å²) in [5, 5.41) is 26.2. The first kappa shape index (κ1) is 6.95. The summed E-state index contributed by atoms with van der Waals surface area (Å²) in [7, 11) is 0. The van der Waals surface area contributed by atoms with Crippen molar-refractivity contribution in [2.24, 2.45) is 0 Å². The number of rotatable bonds is 1. The average Bonchev–Trinajstić information content (AvgIpc) is 2.15. The Balaban J connectivity index is 2.41. The van der Waals surface area contributed by atoms with E-state index in [-0.39, 0.29) is 13.2 Å². The van der Waals surface area contributed by atoms with Crippen LogP contribution in [0.15, 0.2) is 0 Å². The summed E-state index contributed by atoms with van der Waals surface area (Å²) in [4.78, 5) is 0. The van der Waals surface area contributed by atoms with Gasteiger partial charge in [0, 0.05) is 0 Å². The van der Waals surface area contributed by atoms with Crippen LogP contribution in [0.3, 0.4) is 0 Å². The van der Waals surface area contributed by atoms with Crippen LogP contribution in [0.25, 0.3) is 0 Å². The summed E-state index contributed by atoms with van der Waals surface area (Å²) in [6.07, 6.45) is -2.35. The smallest absolute Gasteiger partial charge is 0.110 e. The zero-order valence-electron chi connectivity index (χ0n) is 4.90. The van der Waals surface area contributed by atoms with Crippen molar-refractivity contribution >= 4 is 0 Å². The van der Waals surface area contributed by atoms with E-state index in [1.165, 1.54) is 0 Å². The Morgan fingerprint density at radius 1 is 1.44 bits per heavy atom. The topological polar surface area (TPSA) is 69.9 Å². The molecule has 0 amide bonds. The quantitative estimate of drug-likeness (QED) is 0.392. The van der Waals surface area contributed by atoms with E-state index in [0.717, 1.165) is 0 Å². The lowest BCUT2D eigenvalue weighted by Gasteiger charge is -2.10. The monoisotopic (exact) mass is 134 g/mol. The lowest BCUT2D eigenvalue weighted by atomic mass is 10.2. The second-order valence-corrected chi connectivity index (χ2v) is 2.11. The maximum Gasteiger partial charge on any atom is 0.110 e. The number of ether oxygens (including phenoxy) is 1. The molecule has 3 N–H and O–H groups in total. The van der Waals surface area contributed by atoms with Crippen LogP contribution >= 0.6 is 0 Å². The van der Waals surface area contributed by atoms with Crippen LogP contribution in [0.1, 0.15) is 0 Å². The zero-order valence-corrected chi connectivity index (χ0v) is 4.90. The third-order valence-corrected chi connectivity index (χ3v) is 1.44. The van der Waals surface area contributed by atoms with Gasteiger partial charge in [0.05, 0.1) is 13.2 Å². The second kappa shape index (κ2) is 2.62. The number of aliphatic hydroxyl groups is 3. The Morgan fingerprint density at radius 2 is 2.11 bits per heavy atom. The van der Waals surface area contributed by atoms with Gasteiger partial charge in [-0.2, -0.15) is 0 Å². The van der Waals surface area contributed by atoms with Crippen molar-refractivity contribution < 1.29 is 20.1 Å². The highest BCUT2D eigenvalue weighted by Crippen LogP contribution is 2.12. The van der Waals surface area contributed by atoms with Crippen LogP contribution in [0.4, 0.5) is 0 Å². The molecule has 1 aliphatic heterocycles. The van der Waals surface area contributed by atoms with Gasteiger partial charge in [-0.15, -0.1) is 0 Å². The summed E-state index contributed by atoms with van der Waals surface area (Å²) in [6.45, 7) is -0.120. The molecule has 0 bridgehead atoms. The largest absolute Gasteiger partial charge is 0.394 e. The molecule has 0 radical (unpaired) electrons. The predicted molar refractivity (Wildman–Crippen MR) is 28.8 cm³/mol. The van der Waals surface area contributed by atoms with Crippen molar-refractivity contribution in [2.45, 2.75) is 18.3 Å². The van der Waals surface area contributed by atoms with E-state index in [9.17, 15) is 0 Å². The molecule has 1 fully saturated rings. The predicted octanol–water partition coefficient (Wildman–Crippen LogP) is -1.90. The number of aliphatic hydroxyl groups excluding tert-OH is 3. The van der Waals surface area contributed by atoms with Gasteiger partial charge in [-0.1, -0.05) is 0 Å². The van der Waals surface area contributed by atoms with E-state index >= 15 is 0 Å². The third kappa shape index (κ3) is 1.21. The van der Waals surface area contributed by atoms with E-state index in [2.05, 4.69) is 0 Å². The first-order chi connectivity index (χ1) is 4.25. The Bertz CT molecular complexity index is 95.0. The molecule has 1 aliphatic rings. The molecule has 54 valence electrons. The van der Waals surface area contributed by atoms with E-state index in [1.807, 2.05) is 0 Å². The highest BCUT2D eigenvalue weighted by Gasteiger charge is 2.33. The molecule has 1 rings (SSSR count). The molecule has 1 heterocycles. The fourth-order valence-electron chi connectivity index (χ4n) is 0.828. The lowest BCUT2D eigenvalue weighted by Crippen LogP contribution is -2.31. The summed E-state index contributed by atoms with van der Waals surface area (Å²) >= 11 is 0. The fraction of sp³-hybridized carbons (Fsp3) is 1.00. The molecule has 0 spiro atoms. The molecule has 0 unspecified atom stereocenters. The van der Waals surface area contributed by atoms with E-state index in [4.69, 9.17) is 20.1 Å². The first-order valence-corrected chi connectivity index (χ1v) is 2.84. The third-order valence-electron chi connectivity index (χ3n) is 1.44. The van der Waals surface area contributed by atoms with Gasteiger partial charge in [-0.25, -0.2) is 0 Å². The van der Waals surface area contributed by atoms with Crippen LogP contribution < -0.4 is 0 Å². The van der Waals surface area contributed by atoms with E-state index in [0.29, 0.717) is 0 Å². The molecule has 3 atom stereocenters. The van der Waals surface area contributed by atoms with Crippen LogP contribution in [-0.4, -0.2) is 46.8 Å². The van der Waals surface area contributed by atoms with E-state index in [1.54, 1.807) is 0 Å². The minimum Gasteiger partial charge on any atom is -0.394 e. The SMILES string of the molecule is OC[C@H]1OC[C@@H](O)[C@H]1O. The number of hydrogen-bond donors (Lipinski definition) is 3. The second-order valence-electron chi connectivity index (χ2n) is 2.11. The minimum absolute atomic E-state index is 0.117. The van der Waals surface area contributed by atoms with E-state index < -0.39 is 18.3 Å². The average molecular weight is 134 g/mol. The van der Waals surface area contributed by atoms with Crippen molar-refractivity contribution in [3.8, 4) is 0 Å². The molecule has 0 aliphatic carbocycles. The summed E-state index contributed by atoms with van der Waals surface area (Å²) < 4.78 is 4.78. The summed E-state index contributed by atoms with van der Waals surface area (Å²) in [5.74, 6) is 0. The minimum atomic E-state index is -0.921. The fourth-order valence-corrected chi connectivity index (χ4v) is 0.828. The molecule has 0 aromatic carbocycles. The maximum atomic E-state index is 8.92. The molecule has 4 heteroatoms. The molecular formula is C5H10O4.